The smallest absolute Gasteiger partial charge is 0.358 e. The zero-order valence-electron chi connectivity index (χ0n) is 30.6. The molecular formula is C35H26Br3N15O7. The summed E-state index contributed by atoms with van der Waals surface area (Å²) >= 11 is 9.83. The van der Waals surface area contributed by atoms with Crippen LogP contribution in [0.1, 0.15) is 31.5 Å². The lowest BCUT2D eigenvalue weighted by Gasteiger charge is -1.98. The molecule has 25 heteroatoms. The van der Waals surface area contributed by atoms with Gasteiger partial charge in [0.2, 0.25) is 0 Å². The molecular weight excluding hydrogens is 982 g/mol. The Morgan fingerprint density at radius 2 is 0.983 bits per heavy atom. The second-order valence-corrected chi connectivity index (χ2v) is 13.7. The minimum atomic E-state index is -1.07. The van der Waals surface area contributed by atoms with Crippen LogP contribution in [-0.4, -0.2) is 112 Å². The number of aromatic nitrogens is 15. The standard InChI is InChI=1S/C8H6BrN3O2.C8H7N3O2.C7H4BrN3O2.C6H4BrN3.C6H5N3O/c1-14-8(13)7-6-5(11-3-12-7)4(9)2-10-6;1-13-8(12)7-6-5(2-3-9-6)10-4-11-7;8-3-1-9-5-4(3)10-2-11-6(5)7(12)13;7-6-5-4(1-2-8-5)9-3-10-6;10-6-5-4(1-2-7-5)8-3-9-6/h2-3,10H,1H3;2-4,9H,1H3;1-2,9H,(H,12,13);1-3,8H;1-3,7H,(H,8,9,10). The summed E-state index contributed by atoms with van der Waals surface area (Å²) in [6.07, 6.45) is 15.4. The molecule has 0 fully saturated rings. The zero-order chi connectivity index (χ0) is 42.8. The molecule has 0 atom stereocenters. The summed E-state index contributed by atoms with van der Waals surface area (Å²) in [5, 5.41) is 8.77. The summed E-state index contributed by atoms with van der Waals surface area (Å²) < 4.78 is 11.5. The number of methoxy groups -OCH3 is 2. The number of hydrogen-bond acceptors (Lipinski definition) is 15. The molecule has 304 valence electrons. The van der Waals surface area contributed by atoms with Gasteiger partial charge in [0.05, 0.1) is 68.1 Å². The third-order valence-corrected chi connectivity index (χ3v) is 9.60. The van der Waals surface area contributed by atoms with Crippen molar-refractivity contribution in [1.29, 1.82) is 0 Å². The van der Waals surface area contributed by atoms with Gasteiger partial charge >= 0.3 is 17.9 Å². The third kappa shape index (κ3) is 9.54. The molecule has 10 aromatic rings. The van der Waals surface area contributed by atoms with Gasteiger partial charge in [-0.3, -0.25) is 4.79 Å². The second kappa shape index (κ2) is 19.5. The predicted molar refractivity (Wildman–Crippen MR) is 225 cm³/mol. The Balaban J connectivity index is 0.000000126. The van der Waals surface area contributed by atoms with E-state index in [0.717, 1.165) is 24.6 Å². The summed E-state index contributed by atoms with van der Waals surface area (Å²) in [6.45, 7) is 0. The van der Waals surface area contributed by atoms with Gasteiger partial charge in [-0.1, -0.05) is 0 Å². The van der Waals surface area contributed by atoms with Crippen molar-refractivity contribution in [1.82, 2.24) is 74.8 Å². The van der Waals surface area contributed by atoms with Crippen LogP contribution in [0.2, 0.25) is 0 Å². The average Bonchev–Trinajstić information content (AvgIpc) is 4.13. The molecule has 22 nitrogen and oxygen atoms in total. The maximum absolute atomic E-state index is 11.3. The number of hydrogen-bond donors (Lipinski definition) is 7. The summed E-state index contributed by atoms with van der Waals surface area (Å²) in [4.78, 5) is 96.1. The number of carbonyl (C=O) groups is 3. The summed E-state index contributed by atoms with van der Waals surface area (Å²) in [6, 6.07) is 5.43. The first-order valence-corrected chi connectivity index (χ1v) is 19.0. The van der Waals surface area contributed by atoms with Gasteiger partial charge in [0.1, 0.15) is 46.5 Å². The molecule has 10 rings (SSSR count). The fourth-order valence-corrected chi connectivity index (χ4v) is 6.31. The molecule has 10 heterocycles. The Morgan fingerprint density at radius 3 is 1.52 bits per heavy atom. The van der Waals surface area contributed by atoms with Gasteiger partial charge < -0.3 is 44.5 Å². The number of fused-ring (bicyclic) bond motifs is 5. The van der Waals surface area contributed by atoms with Crippen LogP contribution in [0.5, 0.6) is 0 Å². The van der Waals surface area contributed by atoms with Crippen molar-refractivity contribution in [3.63, 3.8) is 0 Å². The number of carbonyl (C=O) groups excluding carboxylic acids is 2. The number of nitrogens with one attached hydrogen (secondary N) is 6. The third-order valence-electron chi connectivity index (χ3n) is 7.79. The van der Waals surface area contributed by atoms with Gasteiger partial charge in [0.25, 0.3) is 5.56 Å². The van der Waals surface area contributed by atoms with E-state index < -0.39 is 17.9 Å². The fraction of sp³-hybridized carbons (Fsp3) is 0.0571. The number of aromatic amines is 6. The minimum Gasteiger partial charge on any atom is -0.476 e. The van der Waals surface area contributed by atoms with Crippen LogP contribution in [0.15, 0.2) is 99.2 Å². The normalized spacial score (nSPS) is 10.4. The molecule has 7 N–H and O–H groups in total. The number of halogens is 3. The van der Waals surface area contributed by atoms with Crippen molar-refractivity contribution < 1.29 is 29.0 Å². The molecule has 0 spiro atoms. The van der Waals surface area contributed by atoms with E-state index in [1.807, 2.05) is 12.3 Å². The highest BCUT2D eigenvalue weighted by molar-refractivity contribution is 9.11. The van der Waals surface area contributed by atoms with E-state index >= 15 is 0 Å². The van der Waals surface area contributed by atoms with Crippen molar-refractivity contribution in [3.05, 3.63) is 122 Å². The number of carboxylic acids is 1. The van der Waals surface area contributed by atoms with Crippen LogP contribution < -0.4 is 5.56 Å². The van der Waals surface area contributed by atoms with E-state index in [1.54, 1.807) is 36.9 Å². The first-order chi connectivity index (χ1) is 29.0. The molecule has 0 radical (unpaired) electrons. The average molecular weight is 1010 g/mol. The molecule has 0 saturated heterocycles. The van der Waals surface area contributed by atoms with Crippen LogP contribution >= 0.6 is 47.8 Å². The number of carboxylic acid groups (broad SMARTS) is 1. The van der Waals surface area contributed by atoms with Crippen LogP contribution in [0, 0.1) is 0 Å². The lowest BCUT2D eigenvalue weighted by Crippen LogP contribution is -2.05. The Kier molecular flexibility index (Phi) is 13.7. The van der Waals surface area contributed by atoms with Crippen molar-refractivity contribution in [3.8, 4) is 0 Å². The number of aromatic carboxylic acids is 1. The maximum atomic E-state index is 11.3. The number of H-pyrrole nitrogens is 6. The van der Waals surface area contributed by atoms with Crippen molar-refractivity contribution >= 4 is 121 Å². The van der Waals surface area contributed by atoms with E-state index in [-0.39, 0.29) is 22.6 Å². The molecule has 10 aromatic heterocycles. The van der Waals surface area contributed by atoms with Crippen LogP contribution in [0.4, 0.5) is 0 Å². The van der Waals surface area contributed by atoms with E-state index in [9.17, 15) is 19.2 Å². The molecule has 0 saturated carbocycles. The second-order valence-electron chi connectivity index (χ2n) is 11.3. The van der Waals surface area contributed by atoms with E-state index in [0.29, 0.717) is 44.1 Å². The highest BCUT2D eigenvalue weighted by Gasteiger charge is 2.16. The van der Waals surface area contributed by atoms with Gasteiger partial charge in [-0.2, -0.15) is 0 Å². The Labute approximate surface area is 358 Å². The van der Waals surface area contributed by atoms with Crippen molar-refractivity contribution in [2.24, 2.45) is 0 Å². The van der Waals surface area contributed by atoms with E-state index in [1.165, 1.54) is 45.9 Å². The highest BCUT2D eigenvalue weighted by Crippen LogP contribution is 2.23. The Bertz CT molecular complexity index is 3150. The van der Waals surface area contributed by atoms with Crippen LogP contribution in [0.25, 0.3) is 55.2 Å². The van der Waals surface area contributed by atoms with Gasteiger partial charge in [0.15, 0.2) is 17.1 Å². The SMILES string of the molecule is Brc1ncnc2cc[nH]c12.COC(=O)c1ncnc2c(Br)c[nH]c12.COC(=O)c1ncnc2cc[nH]c12.O=C(O)c1ncnc2c(Br)c[nH]c12.O=c1[nH]cnc2cc[nH]c12. The minimum absolute atomic E-state index is 0.0179. The van der Waals surface area contributed by atoms with Crippen molar-refractivity contribution in [2.75, 3.05) is 14.2 Å². The van der Waals surface area contributed by atoms with Crippen LogP contribution in [-0.2, 0) is 9.47 Å². The summed E-state index contributed by atoms with van der Waals surface area (Å²) in [7, 11) is 2.63. The van der Waals surface area contributed by atoms with Crippen LogP contribution in [0.3, 0.4) is 0 Å². The number of esters is 2. The topological polar surface area (TPSA) is 318 Å². The molecule has 0 aliphatic rings. The highest BCUT2D eigenvalue weighted by atomic mass is 79.9. The number of rotatable bonds is 3. The largest absolute Gasteiger partial charge is 0.476 e. The monoisotopic (exact) mass is 1000 g/mol. The molecule has 0 amide bonds. The maximum Gasteiger partial charge on any atom is 0.358 e. The van der Waals surface area contributed by atoms with Gasteiger partial charge in [-0.15, -0.1) is 0 Å². The predicted octanol–water partition coefficient (Wildman–Crippen LogP) is 5.64. The van der Waals surface area contributed by atoms with Gasteiger partial charge in [-0.05, 0) is 66.0 Å². The lowest BCUT2D eigenvalue weighted by atomic mass is 10.3. The fourth-order valence-electron chi connectivity index (χ4n) is 5.08. The summed E-state index contributed by atoms with van der Waals surface area (Å²) in [5.41, 5.74) is 7.02. The van der Waals surface area contributed by atoms with E-state index in [4.69, 9.17) is 5.11 Å². The molecule has 0 aliphatic heterocycles. The first-order valence-electron chi connectivity index (χ1n) is 16.6. The number of ether oxygens (including phenoxy) is 2. The summed E-state index contributed by atoms with van der Waals surface area (Å²) in [5.74, 6) is -2.01. The van der Waals surface area contributed by atoms with E-state index in [2.05, 4.69) is 132 Å². The first kappa shape index (κ1) is 42.4. The molecule has 0 aliphatic carbocycles. The Morgan fingerprint density at radius 1 is 0.533 bits per heavy atom. The zero-order valence-corrected chi connectivity index (χ0v) is 35.3. The molecule has 0 bridgehead atoms. The van der Waals surface area contributed by atoms with Gasteiger partial charge in [0, 0.05) is 31.0 Å². The quantitative estimate of drug-likeness (QED) is 0.0831. The molecule has 0 unspecified atom stereocenters. The molecule has 60 heavy (non-hydrogen) atoms. The van der Waals surface area contributed by atoms with Gasteiger partial charge in [-0.25, -0.2) is 59.2 Å². The Hall–Kier alpha value is -7.25. The lowest BCUT2D eigenvalue weighted by molar-refractivity contribution is 0.0587. The molecule has 0 aromatic carbocycles. The van der Waals surface area contributed by atoms with Crippen molar-refractivity contribution in [2.45, 2.75) is 0 Å². The number of nitrogens with zero attached hydrogens (tertiary/aromatic N) is 9.